The third kappa shape index (κ3) is 4.41. The summed E-state index contributed by atoms with van der Waals surface area (Å²) in [5.74, 6) is 0.627. The highest BCUT2D eigenvalue weighted by Gasteiger charge is 2.32. The van der Waals surface area contributed by atoms with Crippen LogP contribution in [0.15, 0.2) is 30.6 Å². The number of amides is 1. The molecule has 0 radical (unpaired) electrons. The van der Waals surface area contributed by atoms with E-state index in [0.717, 1.165) is 34.3 Å². The quantitative estimate of drug-likeness (QED) is 0.591. The standard InChI is InChI=1S/C23H24F3N5O2S/c1-14-18-20(29-16-5-10-33-12-16)27-13-28-21(18)34-19(14)22(32)31-8-6-30(7-9-31)17-4-2-3-15(11-17)23(24,25)26/h2-4,11,13,16H,5-10,12H2,1H3,(H,27,28,29). The molecule has 1 atom stereocenters. The van der Waals surface area contributed by atoms with Crippen LogP contribution in [0.1, 0.15) is 27.2 Å². The van der Waals surface area contributed by atoms with E-state index in [1.54, 1.807) is 11.0 Å². The lowest BCUT2D eigenvalue weighted by molar-refractivity contribution is -0.137. The zero-order valence-electron chi connectivity index (χ0n) is 18.6. The van der Waals surface area contributed by atoms with Gasteiger partial charge in [0.1, 0.15) is 17.0 Å². The Kier molecular flexibility index (Phi) is 6.07. The first-order valence-electron chi connectivity index (χ1n) is 11.1. The van der Waals surface area contributed by atoms with Crippen LogP contribution in [-0.4, -0.2) is 66.2 Å². The Hall–Kier alpha value is -2.92. The molecule has 1 amide bonds. The second-order valence-electron chi connectivity index (χ2n) is 8.49. The normalized spacial score (nSPS) is 19.1. The van der Waals surface area contributed by atoms with Gasteiger partial charge in [0, 0.05) is 38.5 Å². The molecule has 0 saturated carbocycles. The summed E-state index contributed by atoms with van der Waals surface area (Å²) in [4.78, 5) is 27.1. The van der Waals surface area contributed by atoms with Gasteiger partial charge in [-0.25, -0.2) is 9.97 Å². The minimum atomic E-state index is -4.38. The maximum absolute atomic E-state index is 13.4. The molecule has 2 saturated heterocycles. The highest BCUT2D eigenvalue weighted by molar-refractivity contribution is 7.20. The Morgan fingerprint density at radius 1 is 1.21 bits per heavy atom. The van der Waals surface area contributed by atoms with Crippen LogP contribution in [0, 0.1) is 6.92 Å². The summed E-state index contributed by atoms with van der Waals surface area (Å²) in [6.07, 6.45) is -1.98. The minimum Gasteiger partial charge on any atom is -0.379 e. The van der Waals surface area contributed by atoms with E-state index in [4.69, 9.17) is 4.74 Å². The molecular formula is C23H24F3N5O2S. The molecule has 5 rings (SSSR count). The summed E-state index contributed by atoms with van der Waals surface area (Å²) in [6, 6.07) is 5.50. The number of alkyl halides is 3. The molecule has 3 aromatic rings. The number of benzene rings is 1. The number of nitrogens with one attached hydrogen (secondary N) is 1. The van der Waals surface area contributed by atoms with E-state index in [-0.39, 0.29) is 11.9 Å². The van der Waals surface area contributed by atoms with Gasteiger partial charge in [0.05, 0.1) is 28.5 Å². The largest absolute Gasteiger partial charge is 0.416 e. The Morgan fingerprint density at radius 2 is 2.00 bits per heavy atom. The average molecular weight is 492 g/mol. The van der Waals surface area contributed by atoms with E-state index in [2.05, 4.69) is 15.3 Å². The van der Waals surface area contributed by atoms with E-state index in [1.807, 2.05) is 11.8 Å². The van der Waals surface area contributed by atoms with Gasteiger partial charge in [-0.05, 0) is 37.1 Å². The zero-order valence-corrected chi connectivity index (χ0v) is 19.4. The van der Waals surface area contributed by atoms with Crippen molar-refractivity contribution >= 4 is 39.0 Å². The van der Waals surface area contributed by atoms with Crippen molar-refractivity contribution in [1.82, 2.24) is 14.9 Å². The molecule has 2 aliphatic rings. The summed E-state index contributed by atoms with van der Waals surface area (Å²) in [6.45, 7) is 5.03. The molecule has 1 unspecified atom stereocenters. The van der Waals surface area contributed by atoms with E-state index >= 15 is 0 Å². The summed E-state index contributed by atoms with van der Waals surface area (Å²) in [5.41, 5.74) is 0.688. The van der Waals surface area contributed by atoms with Crippen LogP contribution in [0.3, 0.4) is 0 Å². The summed E-state index contributed by atoms with van der Waals surface area (Å²) in [7, 11) is 0. The first-order chi connectivity index (χ1) is 16.3. The van der Waals surface area contributed by atoms with Crippen molar-refractivity contribution in [3.8, 4) is 0 Å². The van der Waals surface area contributed by atoms with Crippen LogP contribution in [0.5, 0.6) is 0 Å². The number of fused-ring (bicyclic) bond motifs is 1. The topological polar surface area (TPSA) is 70.6 Å². The van der Waals surface area contributed by atoms with Crippen LogP contribution in [-0.2, 0) is 10.9 Å². The zero-order chi connectivity index (χ0) is 23.9. The number of anilines is 2. The SMILES string of the molecule is Cc1c(C(=O)N2CCN(c3cccc(C(F)(F)F)c3)CC2)sc2ncnc(NC3CCOC3)c12. The minimum absolute atomic E-state index is 0.0839. The molecular weight excluding hydrogens is 467 g/mol. The smallest absolute Gasteiger partial charge is 0.379 e. The summed E-state index contributed by atoms with van der Waals surface area (Å²) >= 11 is 1.35. The number of halogens is 3. The van der Waals surface area contributed by atoms with Crippen molar-refractivity contribution in [2.75, 3.05) is 49.6 Å². The molecule has 180 valence electrons. The number of thiophene rings is 1. The van der Waals surface area contributed by atoms with Crippen LogP contribution >= 0.6 is 11.3 Å². The van der Waals surface area contributed by atoms with Crippen LogP contribution in [0.2, 0.25) is 0 Å². The van der Waals surface area contributed by atoms with Crippen LogP contribution in [0.4, 0.5) is 24.7 Å². The lowest BCUT2D eigenvalue weighted by Gasteiger charge is -2.36. The van der Waals surface area contributed by atoms with Crippen LogP contribution < -0.4 is 10.2 Å². The van der Waals surface area contributed by atoms with Gasteiger partial charge in [-0.1, -0.05) is 6.07 Å². The van der Waals surface area contributed by atoms with Crippen molar-refractivity contribution < 1.29 is 22.7 Å². The number of rotatable bonds is 4. The summed E-state index contributed by atoms with van der Waals surface area (Å²) in [5, 5.41) is 4.27. The number of carbonyl (C=O) groups excluding carboxylic acids is 1. The predicted octanol–water partition coefficient (Wildman–Crippen LogP) is 4.18. The van der Waals surface area contributed by atoms with Crippen LogP contribution in [0.25, 0.3) is 10.2 Å². The highest BCUT2D eigenvalue weighted by atomic mass is 32.1. The molecule has 34 heavy (non-hydrogen) atoms. The molecule has 2 aromatic heterocycles. The molecule has 1 aromatic carbocycles. The van der Waals surface area contributed by atoms with Crippen molar-refractivity contribution in [1.29, 1.82) is 0 Å². The third-order valence-electron chi connectivity index (χ3n) is 6.30. The molecule has 2 aliphatic heterocycles. The number of hydrogen-bond acceptors (Lipinski definition) is 7. The fourth-order valence-corrected chi connectivity index (χ4v) is 5.53. The summed E-state index contributed by atoms with van der Waals surface area (Å²) < 4.78 is 44.6. The van der Waals surface area contributed by atoms with Gasteiger partial charge in [-0.2, -0.15) is 13.2 Å². The number of piperazine rings is 1. The second-order valence-corrected chi connectivity index (χ2v) is 9.49. The fourth-order valence-electron chi connectivity index (χ4n) is 4.42. The lowest BCUT2D eigenvalue weighted by Crippen LogP contribution is -2.48. The molecule has 2 fully saturated rings. The Balaban J connectivity index is 1.31. The van der Waals surface area contributed by atoms with Crippen molar-refractivity contribution in [2.24, 2.45) is 0 Å². The van der Waals surface area contributed by atoms with E-state index in [0.29, 0.717) is 55.8 Å². The lowest BCUT2D eigenvalue weighted by atomic mass is 10.1. The maximum atomic E-state index is 13.4. The van der Waals surface area contributed by atoms with Gasteiger partial charge in [-0.3, -0.25) is 4.79 Å². The number of nitrogens with zero attached hydrogens (tertiary/aromatic N) is 4. The number of ether oxygens (including phenoxy) is 1. The molecule has 0 aliphatic carbocycles. The Labute approximate surface area is 198 Å². The third-order valence-corrected chi connectivity index (χ3v) is 7.48. The number of hydrogen-bond donors (Lipinski definition) is 1. The van der Waals surface area contributed by atoms with Gasteiger partial charge < -0.3 is 19.9 Å². The first-order valence-corrected chi connectivity index (χ1v) is 11.9. The van der Waals surface area contributed by atoms with Gasteiger partial charge >= 0.3 is 6.18 Å². The Morgan fingerprint density at radius 3 is 2.71 bits per heavy atom. The molecule has 11 heteroatoms. The molecule has 0 bridgehead atoms. The number of carbonyl (C=O) groups is 1. The van der Waals surface area contributed by atoms with E-state index in [9.17, 15) is 18.0 Å². The van der Waals surface area contributed by atoms with Gasteiger partial charge in [-0.15, -0.1) is 11.3 Å². The molecule has 4 heterocycles. The average Bonchev–Trinajstić information content (AvgIpc) is 3.46. The van der Waals surface area contributed by atoms with E-state index in [1.165, 1.54) is 23.7 Å². The monoisotopic (exact) mass is 491 g/mol. The molecule has 7 nitrogen and oxygen atoms in total. The van der Waals surface area contributed by atoms with Crippen molar-refractivity contribution in [3.05, 3.63) is 46.6 Å². The first kappa shape index (κ1) is 22.9. The number of aromatic nitrogens is 2. The number of aryl methyl sites for hydroxylation is 1. The van der Waals surface area contributed by atoms with Gasteiger partial charge in [0.2, 0.25) is 0 Å². The predicted molar refractivity (Wildman–Crippen MR) is 125 cm³/mol. The fraction of sp³-hybridized carbons (Fsp3) is 0.435. The van der Waals surface area contributed by atoms with E-state index < -0.39 is 11.7 Å². The molecule has 0 spiro atoms. The second kappa shape index (κ2) is 9.03. The highest BCUT2D eigenvalue weighted by Crippen LogP contribution is 2.35. The van der Waals surface area contributed by atoms with Gasteiger partial charge in [0.25, 0.3) is 5.91 Å². The Bertz CT molecular complexity index is 1200. The van der Waals surface area contributed by atoms with Crippen molar-refractivity contribution in [2.45, 2.75) is 25.6 Å². The van der Waals surface area contributed by atoms with Gasteiger partial charge in [0.15, 0.2) is 0 Å². The molecule has 1 N–H and O–H groups in total. The van der Waals surface area contributed by atoms with Crippen molar-refractivity contribution in [3.63, 3.8) is 0 Å². The maximum Gasteiger partial charge on any atom is 0.416 e.